The van der Waals surface area contributed by atoms with Crippen LogP contribution < -0.4 is 0 Å². The fourth-order valence-electron chi connectivity index (χ4n) is 9.17. The van der Waals surface area contributed by atoms with E-state index in [0.717, 1.165) is 42.3 Å². The summed E-state index contributed by atoms with van der Waals surface area (Å²) in [6.45, 7) is 9.39. The Morgan fingerprint density at radius 1 is 1.03 bits per heavy atom. The van der Waals surface area contributed by atoms with Gasteiger partial charge in [-0.25, -0.2) is 5.26 Å². The quantitative estimate of drug-likeness (QED) is 0.212. The minimum absolute atomic E-state index is 0.0999. The Labute approximate surface area is 184 Å². The molecule has 4 aliphatic carbocycles. The lowest BCUT2D eigenvalue weighted by Crippen LogP contribution is -2.53. The van der Waals surface area contributed by atoms with Gasteiger partial charge >= 0.3 is 0 Å². The number of carbonyl (C=O) groups excluding carboxylic acids is 1. The molecule has 4 aliphatic rings. The Bertz CT molecular complexity index is 669. The van der Waals surface area contributed by atoms with Gasteiger partial charge in [-0.15, -0.1) is 0 Å². The fraction of sp³-hybridized carbons (Fsp3) is 0.889. The topological polar surface area (TPSA) is 46.5 Å². The van der Waals surface area contributed by atoms with Crippen molar-refractivity contribution in [3.63, 3.8) is 0 Å². The lowest BCUT2D eigenvalue weighted by atomic mass is 9.44. The summed E-state index contributed by atoms with van der Waals surface area (Å²) >= 11 is 0. The van der Waals surface area contributed by atoms with Gasteiger partial charge in [0.05, 0.1) is 0 Å². The van der Waals surface area contributed by atoms with Crippen LogP contribution in [0.3, 0.4) is 0 Å². The highest BCUT2D eigenvalue weighted by Gasteiger charge is 2.60. The van der Waals surface area contributed by atoms with Gasteiger partial charge in [0.1, 0.15) is 6.26 Å². The standard InChI is InChI=1S/C27H44O3/c1-18(8-13-25(28)19(2)17-30-29)22-11-12-23-21-10-9-20-7-5-6-15-26(20,3)24(21)14-16-27(22,23)4/h17-18,20-24,29H,5-16H2,1-4H3/t18-,20?,21+,22-,23+,24+,26+,27-/m1/s1. The summed E-state index contributed by atoms with van der Waals surface area (Å²) in [7, 11) is 0. The summed E-state index contributed by atoms with van der Waals surface area (Å²) in [6, 6.07) is 0. The smallest absolute Gasteiger partial charge is 0.161 e. The van der Waals surface area contributed by atoms with Crippen LogP contribution in [0.1, 0.15) is 105 Å². The van der Waals surface area contributed by atoms with Crippen molar-refractivity contribution in [1.29, 1.82) is 0 Å². The maximum atomic E-state index is 12.3. The summed E-state index contributed by atoms with van der Waals surface area (Å²) in [5, 5.41) is 8.56. The minimum Gasteiger partial charge on any atom is -0.348 e. The fourth-order valence-corrected chi connectivity index (χ4v) is 9.17. The first-order valence-electron chi connectivity index (χ1n) is 12.8. The lowest BCUT2D eigenvalue weighted by Gasteiger charge is -2.61. The first-order valence-corrected chi connectivity index (χ1v) is 12.8. The van der Waals surface area contributed by atoms with Crippen LogP contribution in [-0.4, -0.2) is 11.0 Å². The van der Waals surface area contributed by atoms with Crippen molar-refractivity contribution in [2.45, 2.75) is 105 Å². The van der Waals surface area contributed by atoms with Gasteiger partial charge in [0.15, 0.2) is 5.78 Å². The summed E-state index contributed by atoms with van der Waals surface area (Å²) in [6.07, 6.45) is 17.2. The van der Waals surface area contributed by atoms with E-state index in [9.17, 15) is 4.79 Å². The second-order valence-electron chi connectivity index (χ2n) is 12.0. The molecule has 170 valence electrons. The zero-order chi connectivity index (χ0) is 21.5. The highest BCUT2D eigenvalue weighted by atomic mass is 17.1. The molecule has 3 nitrogen and oxygen atoms in total. The number of allylic oxidation sites excluding steroid dienone is 1. The van der Waals surface area contributed by atoms with E-state index in [4.69, 9.17) is 5.26 Å². The number of hydrogen-bond donors (Lipinski definition) is 1. The van der Waals surface area contributed by atoms with Gasteiger partial charge in [0.25, 0.3) is 0 Å². The molecule has 0 bridgehead atoms. The monoisotopic (exact) mass is 416 g/mol. The van der Waals surface area contributed by atoms with Crippen LogP contribution in [0.4, 0.5) is 0 Å². The Morgan fingerprint density at radius 2 is 1.80 bits per heavy atom. The number of ketones is 1. The average Bonchev–Trinajstić information content (AvgIpc) is 3.08. The predicted octanol–water partition coefficient (Wildman–Crippen LogP) is 7.41. The second-order valence-corrected chi connectivity index (χ2v) is 12.0. The van der Waals surface area contributed by atoms with Crippen molar-refractivity contribution >= 4 is 5.78 Å². The summed E-state index contributed by atoms with van der Waals surface area (Å²) in [4.78, 5) is 16.3. The molecule has 0 heterocycles. The highest BCUT2D eigenvalue weighted by molar-refractivity contribution is 5.94. The Balaban J connectivity index is 1.43. The van der Waals surface area contributed by atoms with Crippen molar-refractivity contribution in [2.75, 3.05) is 0 Å². The van der Waals surface area contributed by atoms with Crippen LogP contribution >= 0.6 is 0 Å². The van der Waals surface area contributed by atoms with Crippen LogP contribution in [0.15, 0.2) is 11.8 Å². The molecule has 0 aromatic carbocycles. The van der Waals surface area contributed by atoms with E-state index >= 15 is 0 Å². The van der Waals surface area contributed by atoms with Crippen LogP contribution in [0.25, 0.3) is 0 Å². The largest absolute Gasteiger partial charge is 0.348 e. The maximum Gasteiger partial charge on any atom is 0.161 e. The molecule has 0 amide bonds. The molecule has 3 heteroatoms. The van der Waals surface area contributed by atoms with E-state index in [-0.39, 0.29) is 5.78 Å². The van der Waals surface area contributed by atoms with Gasteiger partial charge in [-0.2, -0.15) is 0 Å². The van der Waals surface area contributed by atoms with Gasteiger partial charge in [-0.05, 0) is 111 Å². The van der Waals surface area contributed by atoms with E-state index in [1.165, 1.54) is 64.2 Å². The third-order valence-electron chi connectivity index (χ3n) is 10.8. The van der Waals surface area contributed by atoms with E-state index in [2.05, 4.69) is 25.7 Å². The summed E-state index contributed by atoms with van der Waals surface area (Å²) in [5.74, 6) is 5.27. The number of carbonyl (C=O) groups is 1. The highest BCUT2D eigenvalue weighted by Crippen LogP contribution is 2.68. The molecule has 4 fully saturated rings. The van der Waals surface area contributed by atoms with Gasteiger partial charge in [0.2, 0.25) is 0 Å². The first kappa shape index (κ1) is 22.4. The van der Waals surface area contributed by atoms with E-state index in [0.29, 0.717) is 28.7 Å². The molecule has 4 rings (SSSR count). The number of rotatable bonds is 6. The first-order chi connectivity index (χ1) is 14.3. The molecule has 8 atom stereocenters. The molecule has 0 spiro atoms. The number of fused-ring (bicyclic) bond motifs is 5. The zero-order valence-corrected chi connectivity index (χ0v) is 19.8. The van der Waals surface area contributed by atoms with Gasteiger partial charge < -0.3 is 4.89 Å². The summed E-state index contributed by atoms with van der Waals surface area (Å²) in [5.41, 5.74) is 1.61. The SMILES string of the molecule is CC(=COO)C(=O)CC[C@@H](C)[C@H]1CC[C@H]2[C@@H]3CCC4CCCC[C@]4(C)[C@H]3CC[C@]12C. The van der Waals surface area contributed by atoms with Crippen LogP contribution in [-0.2, 0) is 9.68 Å². The van der Waals surface area contributed by atoms with Crippen LogP contribution in [0.2, 0.25) is 0 Å². The molecule has 0 radical (unpaired) electrons. The Kier molecular flexibility index (Phi) is 6.41. The lowest BCUT2D eigenvalue weighted by molar-refractivity contribution is -0.187. The van der Waals surface area contributed by atoms with E-state index in [1.54, 1.807) is 6.92 Å². The molecule has 30 heavy (non-hydrogen) atoms. The third kappa shape index (κ3) is 3.67. The zero-order valence-electron chi connectivity index (χ0n) is 19.8. The third-order valence-corrected chi connectivity index (χ3v) is 10.8. The summed E-state index contributed by atoms with van der Waals surface area (Å²) < 4.78 is 0. The van der Waals surface area contributed by atoms with E-state index in [1.807, 2.05) is 0 Å². The molecule has 0 saturated heterocycles. The minimum atomic E-state index is 0.0999. The van der Waals surface area contributed by atoms with E-state index < -0.39 is 0 Å². The molecular formula is C27H44O3. The molecule has 4 saturated carbocycles. The van der Waals surface area contributed by atoms with Crippen molar-refractivity contribution in [3.05, 3.63) is 11.8 Å². The van der Waals surface area contributed by atoms with Crippen LogP contribution in [0.5, 0.6) is 0 Å². The molecule has 0 aliphatic heterocycles. The molecular weight excluding hydrogens is 372 g/mol. The molecule has 0 aromatic rings. The van der Waals surface area contributed by atoms with Crippen molar-refractivity contribution in [2.24, 2.45) is 46.3 Å². The van der Waals surface area contributed by atoms with Gasteiger partial charge in [-0.1, -0.05) is 33.6 Å². The van der Waals surface area contributed by atoms with Gasteiger partial charge in [-0.3, -0.25) is 4.79 Å². The normalized spacial score (nSPS) is 44.6. The Hall–Kier alpha value is -0.830. The van der Waals surface area contributed by atoms with Crippen molar-refractivity contribution in [1.82, 2.24) is 0 Å². The second kappa shape index (κ2) is 8.60. The molecule has 1 N–H and O–H groups in total. The predicted molar refractivity (Wildman–Crippen MR) is 121 cm³/mol. The molecule has 0 aromatic heterocycles. The molecule has 1 unspecified atom stereocenters. The Morgan fingerprint density at radius 3 is 2.57 bits per heavy atom. The van der Waals surface area contributed by atoms with Crippen LogP contribution in [0, 0.1) is 46.3 Å². The van der Waals surface area contributed by atoms with Gasteiger partial charge in [0, 0.05) is 12.0 Å². The number of Topliss-reactive ketones (excluding diaryl/α,β-unsaturated/α-hetero) is 1. The van der Waals surface area contributed by atoms with Crippen molar-refractivity contribution < 1.29 is 14.9 Å². The average molecular weight is 417 g/mol. The maximum absolute atomic E-state index is 12.3. The number of hydrogen-bond acceptors (Lipinski definition) is 3. The van der Waals surface area contributed by atoms with Crippen molar-refractivity contribution in [3.8, 4) is 0 Å².